The number of nitrogens with two attached hydrogens (primary N) is 15. The van der Waals surface area contributed by atoms with Crippen molar-refractivity contribution in [3.63, 3.8) is 0 Å². The molecule has 56 nitrogen and oxygen atoms in total. The molecule has 0 spiro atoms. The van der Waals surface area contributed by atoms with Gasteiger partial charge in [0.05, 0.1) is 110 Å². The summed E-state index contributed by atoms with van der Waals surface area (Å²) in [7, 11) is 12.1. The molecule has 137 heavy (non-hydrogen) atoms. The monoisotopic (exact) mass is 1970 g/mol. The van der Waals surface area contributed by atoms with Crippen molar-refractivity contribution < 1.29 is 112 Å². The number of Topliss-reactive ketones (excluding diaryl/α,β-unsaturated/α-hetero) is 3. The van der Waals surface area contributed by atoms with Crippen LogP contribution in [0, 0.1) is 0 Å². The van der Waals surface area contributed by atoms with Crippen molar-refractivity contribution >= 4 is 128 Å². The Bertz CT molecular complexity index is 3910. The van der Waals surface area contributed by atoms with E-state index < -0.39 is 145 Å². The minimum Gasteiger partial charge on any atom is -0.355 e. The third-order valence-electron chi connectivity index (χ3n) is 20.4. The van der Waals surface area contributed by atoms with Crippen LogP contribution in [-0.2, 0) is 81.5 Å². The number of hydrogen-bond donors (Lipinski definition) is 29. The topological polar surface area (TPSA) is 909 Å². The number of carbonyl (C=O) groups excluding carboxylic acids is 19. The maximum Gasteiger partial charge on any atom is 0.322 e. The van der Waals surface area contributed by atoms with Gasteiger partial charge in [-0.05, 0) is 52.9 Å². The van der Waals surface area contributed by atoms with Crippen LogP contribution in [0.25, 0.3) is 0 Å². The van der Waals surface area contributed by atoms with E-state index in [0.717, 1.165) is 0 Å². The number of ketones is 3. The number of nitrogens with zero attached hydrogens (tertiary/aromatic N) is 8. The van der Waals surface area contributed by atoms with Crippen LogP contribution in [0.4, 0.5) is 9.59 Å². The van der Waals surface area contributed by atoms with Crippen molar-refractivity contribution in [2.24, 2.45) is 85.9 Å². The molecule has 0 aromatic heterocycles. The van der Waals surface area contributed by atoms with Crippen LogP contribution < -0.4 is 160 Å². The van der Waals surface area contributed by atoms with Gasteiger partial charge in [-0.15, -0.1) is 0 Å². The van der Waals surface area contributed by atoms with Crippen LogP contribution in [0.2, 0.25) is 27.5 Å². The molecule has 1 fully saturated rings. The summed E-state index contributed by atoms with van der Waals surface area (Å²) in [6, 6.07) is -10.6. The first-order valence-corrected chi connectivity index (χ1v) is 45.0. The summed E-state index contributed by atoms with van der Waals surface area (Å²) in [4.78, 5) is 253. The summed E-state index contributed by atoms with van der Waals surface area (Å²) < 4.78 is 108. The SMILES string of the molecule is [2H]NCC(N[2H])C(=O)N(CC)CCN(CCCC(=O)CNC(=O)C[B])C(=O)C(CN[2H])N[2H].[2H]NCC(N[2H])C(=O)N(CC)CCN(CCNC(=O)CCC(=O)CC)C(=O)C(CN[2H])NC.[2H]NCC(N[2H])C(=O)NCCCC(=O)CN1CCN(CC(=O)NCCNC(=O)C(CN[2H])N[2H])CCN(C(CCC(=O)NCNC(=O)NC[B])C(=O)NCCNC(=O)C(CN[2H])N[2H])CCN(CC(=O)NC(=O)NCNC(=O)C(CN[2H])N[2H])CC1. The molecule has 1 aliphatic heterocycles. The number of urea groups is 2. The molecule has 1 saturated heterocycles. The summed E-state index contributed by atoms with van der Waals surface area (Å²) >= 11 is 0. The van der Waals surface area contributed by atoms with Crippen molar-refractivity contribution in [3.05, 3.63) is 0 Å². The first-order chi connectivity index (χ1) is 72.9. The Morgan fingerprint density at radius 3 is 1.24 bits per heavy atom. The summed E-state index contributed by atoms with van der Waals surface area (Å²) in [5, 5.41) is 35.2. The van der Waals surface area contributed by atoms with E-state index in [-0.39, 0.29) is 302 Å². The molecule has 58 heteroatoms. The lowest BCUT2D eigenvalue weighted by atomic mass is 10.1. The highest BCUT2D eigenvalue weighted by atomic mass is 16.2. The molecule has 0 saturated carbocycles. The van der Waals surface area contributed by atoms with Gasteiger partial charge in [0.1, 0.15) is 32.7 Å². The second kappa shape index (κ2) is 77.6. The van der Waals surface area contributed by atoms with E-state index in [1.54, 1.807) is 47.4 Å². The average molecular weight is 1970 g/mol. The Hall–Kier alpha value is -10.3. The van der Waals surface area contributed by atoms with Crippen molar-refractivity contribution in [3.8, 4) is 0 Å². The van der Waals surface area contributed by atoms with E-state index >= 15 is 0 Å². The maximum absolute atomic E-state index is 14.4. The van der Waals surface area contributed by atoms with Gasteiger partial charge in [-0.25, -0.2) is 9.59 Å². The first-order valence-electron chi connectivity index (χ1n) is 52.5. The predicted octanol–water partition coefficient (Wildman–Crippen LogP) is -19.5. The molecule has 0 aromatic rings. The molecule has 780 valence electrons. The zero-order valence-electron chi connectivity index (χ0n) is 93.9. The number of likely N-dealkylation sites (N-methyl/N-ethyl adjacent to an activating group) is 3. The number of carbonyl (C=O) groups is 19. The minimum absolute atomic E-state index is 0.00479. The van der Waals surface area contributed by atoms with Crippen molar-refractivity contribution in [1.82, 2.24) is 114 Å². The molecule has 18 amide bonds. The van der Waals surface area contributed by atoms with E-state index in [1.807, 2.05) is 34.4 Å². The van der Waals surface area contributed by atoms with Gasteiger partial charge in [0.25, 0.3) is 0 Å². The molecule has 0 aliphatic carbocycles. The Kier molecular flexibility index (Phi) is 58.1. The minimum atomic E-state index is -1.14. The summed E-state index contributed by atoms with van der Waals surface area (Å²) in [6.45, 7) is 4.57. The van der Waals surface area contributed by atoms with Crippen LogP contribution >= 0.6 is 0 Å². The number of rotatable bonds is 80. The molecule has 1 rings (SSSR count). The zero-order valence-corrected chi connectivity index (χ0v) is 78.9. The second-order valence-corrected chi connectivity index (χ2v) is 30.7. The lowest BCUT2D eigenvalue weighted by Crippen LogP contribution is -2.55. The number of imide groups is 1. The number of hydrogen-bond acceptors (Lipinski definition) is 39. The van der Waals surface area contributed by atoms with Gasteiger partial charge in [-0.3, -0.25) is 106 Å². The molecule has 0 bridgehead atoms. The normalized spacial score (nSPS) is 16.0. The Morgan fingerprint density at radius 1 is 0.343 bits per heavy atom. The fourth-order valence-corrected chi connectivity index (χ4v) is 12.1. The molecule has 0 aromatic carbocycles. The molecule has 44 N–H and O–H groups in total. The van der Waals surface area contributed by atoms with E-state index in [4.69, 9.17) is 36.9 Å². The third-order valence-corrected chi connectivity index (χ3v) is 20.4. The van der Waals surface area contributed by atoms with Crippen molar-refractivity contribution in [2.45, 2.75) is 139 Å². The van der Waals surface area contributed by atoms with Gasteiger partial charge in [0.2, 0.25) is 82.7 Å². The predicted molar refractivity (Wildman–Crippen MR) is 512 cm³/mol. The standard InChI is InChI=1S/C43H86BN23O11.C19H39N7O4.C17H34BN7O4/c44-25-58-42(77)61-26-59-34(69)4-3-33(41(76)57-9-8-56-39(74)31(51)20-47)67-16-14-65(23-35(70)53-6-7-55-38(73)30(50)19-46)12-10-64(22-28(68)2-1-5-54-37(72)29(49)18-45)11-13-66(15-17-67)24-36(71)63-43(78)62-27-60-40(75)32(52)21-48;1-4-14(27)6-7-17(28)24-8-9-26(19(30)16(13-21)23-3)11-10-25(5-2)18(29)15(22)12-20;1-2-24(16(28)13(21)9-19)6-7-25(17(29)14(22)10-20)5-3-4-12(26)11-23-15(27)8-18/h29-33H,1-27,45-52H2,(H,53,70)(H,54,72)(H,55,73)(H,56,74)(H,57,76)(H,59,69)(H,60,75)(H2,58,61,77)(H2,62,63,71,78);15-16,23H,4-13,20-22H2,1-3H3,(H,24,28);13-14H,2-11,19-22H2,1H3,(H,23,27)/i/hD15. The zero-order chi connectivity index (χ0) is 115. The van der Waals surface area contributed by atoms with E-state index in [9.17, 15) is 91.1 Å². The summed E-state index contributed by atoms with van der Waals surface area (Å²) in [6.07, 6.45) is 0.420. The summed E-state index contributed by atoms with van der Waals surface area (Å²) in [5.41, 5.74) is 31.1. The molecular formula is C79H159B2N37O19. The largest absolute Gasteiger partial charge is 0.355 e. The lowest BCUT2D eigenvalue weighted by molar-refractivity contribution is -0.136. The molecule has 9 unspecified atom stereocenters. The average Bonchev–Trinajstić information content (AvgIpc) is 0.860. The van der Waals surface area contributed by atoms with Crippen LogP contribution in [0.1, 0.15) is 78.6 Å². The third kappa shape index (κ3) is 58.9. The van der Waals surface area contributed by atoms with Gasteiger partial charge in [-0.2, -0.15) is 0 Å². The van der Waals surface area contributed by atoms with E-state index in [0.29, 0.717) is 25.9 Å². The highest BCUT2D eigenvalue weighted by molar-refractivity contribution is 6.19. The Morgan fingerprint density at radius 2 is 0.759 bits per heavy atom. The Labute approximate surface area is 825 Å². The highest BCUT2D eigenvalue weighted by Crippen LogP contribution is 2.13. The van der Waals surface area contributed by atoms with E-state index in [2.05, 4.69) is 126 Å². The highest BCUT2D eigenvalue weighted by Gasteiger charge is 2.32. The molecule has 9 atom stereocenters. The van der Waals surface area contributed by atoms with Crippen LogP contribution in [-0.4, -0.2) is 471 Å². The molecule has 1 heterocycles. The summed E-state index contributed by atoms with van der Waals surface area (Å²) in [5.74, 6) is -7.78. The van der Waals surface area contributed by atoms with Gasteiger partial charge < -0.3 is 175 Å². The second-order valence-electron chi connectivity index (χ2n) is 30.7. The van der Waals surface area contributed by atoms with Gasteiger partial charge in [0.15, 0.2) is 5.78 Å². The fourth-order valence-electron chi connectivity index (χ4n) is 12.1. The van der Waals surface area contributed by atoms with Crippen LogP contribution in [0.15, 0.2) is 0 Å². The number of amides is 18. The molecule has 1 aliphatic rings. The number of nitrogens with one attached hydrogen (secondary N) is 14. The quantitative estimate of drug-likeness (QED) is 0.0153. The maximum atomic E-state index is 14.4. The molecular weight excluding hydrogens is 1790 g/mol. The van der Waals surface area contributed by atoms with Crippen LogP contribution in [0.3, 0.4) is 0 Å². The van der Waals surface area contributed by atoms with Crippen molar-refractivity contribution in [1.29, 1.82) is 0 Å². The van der Waals surface area contributed by atoms with Crippen molar-refractivity contribution in [2.75, 3.05) is 249 Å². The van der Waals surface area contributed by atoms with E-state index in [1.165, 1.54) is 19.6 Å². The first kappa shape index (κ1) is 103. The lowest BCUT2D eigenvalue weighted by Gasteiger charge is -2.36. The smallest absolute Gasteiger partial charge is 0.322 e. The van der Waals surface area contributed by atoms with Gasteiger partial charge in [-0.1, -0.05) is 6.92 Å². The molecule has 4 radical (unpaired) electrons. The Balaban J connectivity index is 0. The van der Waals surface area contributed by atoms with Gasteiger partial charge >= 0.3 is 12.1 Å². The van der Waals surface area contributed by atoms with Crippen LogP contribution in [0.5, 0.6) is 0 Å². The fraction of sp³-hybridized carbons (Fsp3) is 0.759. The van der Waals surface area contributed by atoms with Gasteiger partial charge in [0, 0.05) is 235 Å².